The highest BCUT2D eigenvalue weighted by Crippen LogP contribution is 2.27. The predicted molar refractivity (Wildman–Crippen MR) is 87.3 cm³/mol. The molecule has 0 radical (unpaired) electrons. The van der Waals surface area contributed by atoms with Gasteiger partial charge in [-0.1, -0.05) is 6.07 Å². The quantitative estimate of drug-likeness (QED) is 0.750. The van der Waals surface area contributed by atoms with Crippen LogP contribution in [-0.4, -0.2) is 29.9 Å². The maximum Gasteiger partial charge on any atom is 0.412 e. The van der Waals surface area contributed by atoms with Crippen LogP contribution in [0.4, 0.5) is 10.5 Å². The molecule has 1 saturated heterocycles. The summed E-state index contributed by atoms with van der Waals surface area (Å²) in [7, 11) is 0. The summed E-state index contributed by atoms with van der Waals surface area (Å²) in [6, 6.07) is 5.42. The van der Waals surface area contributed by atoms with Gasteiger partial charge >= 0.3 is 6.09 Å². The number of rotatable bonds is 3. The molecule has 1 fully saturated rings. The number of carbonyl (C=O) groups excluding carboxylic acids is 1. The van der Waals surface area contributed by atoms with E-state index in [4.69, 9.17) is 4.74 Å². The number of ether oxygens (including phenoxy) is 1. The second-order valence-corrected chi connectivity index (χ2v) is 6.88. The van der Waals surface area contributed by atoms with Crippen molar-refractivity contribution in [1.82, 2.24) is 5.32 Å². The summed E-state index contributed by atoms with van der Waals surface area (Å²) in [6.45, 7) is 7.53. The molecule has 22 heavy (non-hydrogen) atoms. The molecule has 0 unspecified atom stereocenters. The fraction of sp³-hybridized carbons (Fsp3) is 0.588. The molecule has 122 valence electrons. The van der Waals surface area contributed by atoms with Crippen LogP contribution in [0.5, 0.6) is 5.75 Å². The summed E-state index contributed by atoms with van der Waals surface area (Å²) in [5.74, 6) is 0.739. The minimum absolute atomic E-state index is 0.0808. The number of anilines is 1. The predicted octanol–water partition coefficient (Wildman–Crippen LogP) is 3.28. The van der Waals surface area contributed by atoms with Crippen LogP contribution in [-0.2, 0) is 11.2 Å². The third-order valence-electron chi connectivity index (χ3n) is 3.68. The lowest BCUT2D eigenvalue weighted by atomic mass is 9.91. The highest BCUT2D eigenvalue weighted by Gasteiger charge is 2.18. The van der Waals surface area contributed by atoms with Crippen LogP contribution in [0.15, 0.2) is 18.2 Å². The lowest BCUT2D eigenvalue weighted by Crippen LogP contribution is -2.28. The molecule has 0 spiro atoms. The largest absolute Gasteiger partial charge is 0.506 e. The van der Waals surface area contributed by atoms with Crippen LogP contribution in [0.1, 0.15) is 39.2 Å². The van der Waals surface area contributed by atoms with E-state index in [9.17, 15) is 9.90 Å². The Hall–Kier alpha value is -1.75. The molecule has 0 aromatic heterocycles. The molecule has 0 bridgehead atoms. The SMILES string of the molecule is CC(C)(C)OC(=O)Nc1ccc(CC2CCNCC2)cc1O. The van der Waals surface area contributed by atoms with E-state index in [1.54, 1.807) is 32.9 Å². The molecule has 1 amide bonds. The number of carbonyl (C=O) groups is 1. The van der Waals surface area contributed by atoms with E-state index < -0.39 is 11.7 Å². The average Bonchev–Trinajstić information content (AvgIpc) is 2.41. The van der Waals surface area contributed by atoms with Gasteiger partial charge in [0.25, 0.3) is 0 Å². The zero-order chi connectivity index (χ0) is 16.2. The number of phenols is 1. The Kier molecular flexibility index (Phi) is 5.29. The van der Waals surface area contributed by atoms with E-state index in [1.807, 2.05) is 6.07 Å². The molecule has 3 N–H and O–H groups in total. The Morgan fingerprint density at radius 2 is 2.05 bits per heavy atom. The third kappa shape index (κ3) is 5.22. The third-order valence-corrected chi connectivity index (χ3v) is 3.68. The summed E-state index contributed by atoms with van der Waals surface area (Å²) in [5, 5.41) is 16.0. The Bertz CT molecular complexity index is 517. The molecule has 0 aliphatic carbocycles. The number of piperidine rings is 1. The minimum Gasteiger partial charge on any atom is -0.506 e. The van der Waals surface area contributed by atoms with Crippen LogP contribution < -0.4 is 10.6 Å². The number of amides is 1. The van der Waals surface area contributed by atoms with Crippen molar-refractivity contribution in [2.24, 2.45) is 5.92 Å². The average molecular weight is 306 g/mol. The second-order valence-electron chi connectivity index (χ2n) is 6.88. The van der Waals surface area contributed by atoms with E-state index in [0.29, 0.717) is 11.6 Å². The van der Waals surface area contributed by atoms with Crippen molar-refractivity contribution in [2.75, 3.05) is 18.4 Å². The van der Waals surface area contributed by atoms with Gasteiger partial charge in [0, 0.05) is 0 Å². The lowest BCUT2D eigenvalue weighted by Gasteiger charge is -2.23. The van der Waals surface area contributed by atoms with Gasteiger partial charge in [-0.3, -0.25) is 5.32 Å². The van der Waals surface area contributed by atoms with Crippen LogP contribution in [0.2, 0.25) is 0 Å². The Balaban J connectivity index is 1.95. The number of phenolic OH excluding ortho intramolecular Hbond substituents is 1. The van der Waals surface area contributed by atoms with Crippen LogP contribution >= 0.6 is 0 Å². The van der Waals surface area contributed by atoms with Crippen molar-refractivity contribution in [3.63, 3.8) is 0 Å². The molecule has 0 saturated carbocycles. The monoisotopic (exact) mass is 306 g/mol. The van der Waals surface area contributed by atoms with Crippen molar-refractivity contribution >= 4 is 11.8 Å². The van der Waals surface area contributed by atoms with Crippen molar-refractivity contribution in [3.05, 3.63) is 23.8 Å². The summed E-state index contributed by atoms with van der Waals surface area (Å²) in [4.78, 5) is 11.7. The summed E-state index contributed by atoms with van der Waals surface area (Å²) >= 11 is 0. The molecule has 1 aliphatic heterocycles. The van der Waals surface area contributed by atoms with E-state index in [-0.39, 0.29) is 5.75 Å². The highest BCUT2D eigenvalue weighted by molar-refractivity contribution is 5.86. The van der Waals surface area contributed by atoms with Crippen LogP contribution in [0.3, 0.4) is 0 Å². The first-order valence-electron chi connectivity index (χ1n) is 7.86. The fourth-order valence-electron chi connectivity index (χ4n) is 2.64. The van der Waals surface area contributed by atoms with Gasteiger partial charge in [-0.25, -0.2) is 4.79 Å². The normalized spacial score (nSPS) is 16.3. The first kappa shape index (κ1) is 16.6. The van der Waals surface area contributed by atoms with E-state index in [0.717, 1.165) is 25.1 Å². The van der Waals surface area contributed by atoms with Crippen molar-refractivity contribution in [2.45, 2.75) is 45.6 Å². The maximum atomic E-state index is 11.7. The molecule has 2 rings (SSSR count). The minimum atomic E-state index is -0.561. The summed E-state index contributed by atoms with van der Waals surface area (Å²) in [5.41, 5.74) is 0.914. The van der Waals surface area contributed by atoms with Crippen molar-refractivity contribution in [3.8, 4) is 5.75 Å². The number of hydrogen-bond donors (Lipinski definition) is 3. The Morgan fingerprint density at radius 1 is 1.36 bits per heavy atom. The van der Waals surface area contributed by atoms with Gasteiger partial charge in [0.1, 0.15) is 11.4 Å². The van der Waals surface area contributed by atoms with Crippen molar-refractivity contribution < 1.29 is 14.6 Å². The smallest absolute Gasteiger partial charge is 0.412 e. The maximum absolute atomic E-state index is 11.7. The van der Waals surface area contributed by atoms with Gasteiger partial charge in [0.05, 0.1) is 5.69 Å². The number of aromatic hydroxyl groups is 1. The Labute approximate surface area is 132 Å². The van der Waals surface area contributed by atoms with Gasteiger partial charge in [0.15, 0.2) is 0 Å². The second kappa shape index (κ2) is 7.01. The number of nitrogens with one attached hydrogen (secondary N) is 2. The highest BCUT2D eigenvalue weighted by atomic mass is 16.6. The lowest BCUT2D eigenvalue weighted by molar-refractivity contribution is 0.0635. The standard InChI is InChI=1S/C17H26N2O3/c1-17(2,3)22-16(21)19-14-5-4-13(11-15(14)20)10-12-6-8-18-9-7-12/h4-5,11-12,18,20H,6-10H2,1-3H3,(H,19,21). The van der Waals surface area contributed by atoms with Gasteiger partial charge in [-0.05, 0) is 76.7 Å². The van der Waals surface area contributed by atoms with Gasteiger partial charge in [-0.15, -0.1) is 0 Å². The van der Waals surface area contributed by atoms with E-state index >= 15 is 0 Å². The fourth-order valence-corrected chi connectivity index (χ4v) is 2.64. The van der Waals surface area contributed by atoms with E-state index in [2.05, 4.69) is 10.6 Å². The molecule has 1 aromatic rings. The summed E-state index contributed by atoms with van der Waals surface area (Å²) in [6.07, 6.45) is 2.73. The number of hydrogen-bond acceptors (Lipinski definition) is 4. The van der Waals surface area contributed by atoms with Gasteiger partial charge in [-0.2, -0.15) is 0 Å². The number of benzene rings is 1. The Morgan fingerprint density at radius 3 is 2.64 bits per heavy atom. The molecular weight excluding hydrogens is 280 g/mol. The molecule has 1 aromatic carbocycles. The van der Waals surface area contributed by atoms with Gasteiger partial charge < -0.3 is 15.2 Å². The van der Waals surface area contributed by atoms with Gasteiger partial charge in [0.2, 0.25) is 0 Å². The molecule has 1 heterocycles. The first-order valence-corrected chi connectivity index (χ1v) is 7.86. The zero-order valence-corrected chi connectivity index (χ0v) is 13.6. The first-order chi connectivity index (χ1) is 10.3. The van der Waals surface area contributed by atoms with Crippen LogP contribution in [0.25, 0.3) is 0 Å². The topological polar surface area (TPSA) is 70.6 Å². The molecule has 0 atom stereocenters. The molecule has 5 heteroatoms. The van der Waals surface area contributed by atoms with Crippen LogP contribution in [0, 0.1) is 5.92 Å². The molecule has 5 nitrogen and oxygen atoms in total. The van der Waals surface area contributed by atoms with Crippen molar-refractivity contribution in [1.29, 1.82) is 0 Å². The summed E-state index contributed by atoms with van der Waals surface area (Å²) < 4.78 is 5.18. The molecule has 1 aliphatic rings. The zero-order valence-electron chi connectivity index (χ0n) is 13.6. The van der Waals surface area contributed by atoms with E-state index in [1.165, 1.54) is 12.8 Å². The molecular formula is C17H26N2O3.